The van der Waals surface area contributed by atoms with Gasteiger partial charge in [-0.05, 0) is 11.6 Å². The summed E-state index contributed by atoms with van der Waals surface area (Å²) in [6.45, 7) is 0. The van der Waals surface area contributed by atoms with Gasteiger partial charge in [0.2, 0.25) is 3.79 Å². The molecule has 0 heterocycles. The Balaban J connectivity index is 4.75. The summed E-state index contributed by atoms with van der Waals surface area (Å²) in [6, 6.07) is 0. The monoisotopic (exact) mass is 268 g/mol. The maximum atomic E-state index is 12.6. The molecule has 0 N–H and O–H groups in total. The number of halogens is 8. The molecule has 0 amide bonds. The number of alkyl halides is 8. The van der Waals surface area contributed by atoms with Gasteiger partial charge in [0, 0.05) is 0 Å². The molecular formula is C3Cl5F3. The van der Waals surface area contributed by atoms with Crippen molar-refractivity contribution < 1.29 is 13.2 Å². The van der Waals surface area contributed by atoms with Gasteiger partial charge in [0.05, 0.1) is 0 Å². The Morgan fingerprint density at radius 1 is 0.727 bits per heavy atom. The Hall–Kier alpha value is 1.24. The SMILES string of the molecule is FC(F)(Cl)C(F)(Cl)C(Cl)(Cl)Cl. The minimum absolute atomic E-state index is 2.99. The molecular weight excluding hydrogens is 270 g/mol. The molecule has 0 rings (SSSR count). The zero-order valence-corrected chi connectivity index (χ0v) is 8.30. The van der Waals surface area contributed by atoms with E-state index < -0.39 is 14.3 Å². The van der Waals surface area contributed by atoms with E-state index >= 15 is 0 Å². The predicted molar refractivity (Wildman–Crippen MR) is 40.8 cm³/mol. The zero-order valence-electron chi connectivity index (χ0n) is 4.52. The van der Waals surface area contributed by atoms with Crippen LogP contribution in [0.5, 0.6) is 0 Å². The lowest BCUT2D eigenvalue weighted by molar-refractivity contribution is -0.0173. The van der Waals surface area contributed by atoms with Crippen LogP contribution in [0.15, 0.2) is 0 Å². The first kappa shape index (κ1) is 12.2. The van der Waals surface area contributed by atoms with E-state index in [2.05, 4.69) is 23.2 Å². The van der Waals surface area contributed by atoms with E-state index in [1.165, 1.54) is 0 Å². The Morgan fingerprint density at radius 3 is 1.00 bits per heavy atom. The highest BCUT2D eigenvalue weighted by molar-refractivity contribution is 6.71. The standard InChI is InChI=1S/C3Cl5F3/c4-1(9,2(5,6)7)3(8,10)11. The van der Waals surface area contributed by atoms with Gasteiger partial charge in [-0.25, -0.2) is 4.39 Å². The van der Waals surface area contributed by atoms with Crippen LogP contribution in [0.4, 0.5) is 13.2 Å². The first-order chi connectivity index (χ1) is 4.50. The molecule has 0 aromatic rings. The average Bonchev–Trinajstić information content (AvgIpc) is 1.58. The lowest BCUT2D eigenvalue weighted by atomic mass is 10.4. The number of rotatable bonds is 1. The second-order valence-corrected chi connectivity index (χ2v) is 4.85. The van der Waals surface area contributed by atoms with Crippen LogP contribution >= 0.6 is 58.0 Å². The van der Waals surface area contributed by atoms with Gasteiger partial charge in [-0.15, -0.1) is 0 Å². The highest BCUT2D eigenvalue weighted by Crippen LogP contribution is 2.53. The van der Waals surface area contributed by atoms with Crippen molar-refractivity contribution in [3.05, 3.63) is 0 Å². The van der Waals surface area contributed by atoms with Crippen molar-refractivity contribution in [1.29, 1.82) is 0 Å². The fourth-order valence-electron chi connectivity index (χ4n) is 0.161. The van der Waals surface area contributed by atoms with E-state index in [0.29, 0.717) is 0 Å². The maximum absolute atomic E-state index is 12.6. The molecule has 8 heteroatoms. The Kier molecular flexibility index (Phi) is 3.54. The van der Waals surface area contributed by atoms with Crippen molar-refractivity contribution in [3.63, 3.8) is 0 Å². The van der Waals surface area contributed by atoms with Gasteiger partial charge in [-0.3, -0.25) is 0 Å². The van der Waals surface area contributed by atoms with Gasteiger partial charge in [-0.2, -0.15) is 8.78 Å². The van der Waals surface area contributed by atoms with Crippen LogP contribution in [0.2, 0.25) is 0 Å². The van der Waals surface area contributed by atoms with Crippen LogP contribution in [-0.4, -0.2) is 14.3 Å². The Labute approximate surface area is 85.5 Å². The highest BCUT2D eigenvalue weighted by atomic mass is 35.6. The van der Waals surface area contributed by atoms with Crippen molar-refractivity contribution in [3.8, 4) is 0 Å². The summed E-state index contributed by atoms with van der Waals surface area (Å²) in [6.07, 6.45) is 0. The van der Waals surface area contributed by atoms with Gasteiger partial charge in [0.1, 0.15) is 0 Å². The van der Waals surface area contributed by atoms with Gasteiger partial charge >= 0.3 is 10.5 Å². The Bertz CT molecular complexity index is 128. The molecule has 68 valence electrons. The lowest BCUT2D eigenvalue weighted by Crippen LogP contribution is -2.45. The van der Waals surface area contributed by atoms with Crippen molar-refractivity contribution in [2.24, 2.45) is 0 Å². The third-order valence-electron chi connectivity index (χ3n) is 0.712. The van der Waals surface area contributed by atoms with E-state index in [-0.39, 0.29) is 0 Å². The molecule has 0 aliphatic rings. The second-order valence-electron chi connectivity index (χ2n) is 1.57. The fraction of sp³-hybridized carbons (Fsp3) is 1.00. The number of hydrogen-bond donors (Lipinski definition) is 0. The smallest absolute Gasteiger partial charge is 0.213 e. The molecule has 0 saturated carbocycles. The van der Waals surface area contributed by atoms with Crippen molar-refractivity contribution in [2.45, 2.75) is 14.3 Å². The summed E-state index contributed by atoms with van der Waals surface area (Å²) in [5.41, 5.74) is 0. The summed E-state index contributed by atoms with van der Waals surface area (Å²) >= 11 is 23.1. The van der Waals surface area contributed by atoms with Crippen LogP contribution in [0.25, 0.3) is 0 Å². The molecule has 0 bridgehead atoms. The molecule has 0 radical (unpaired) electrons. The number of hydrogen-bond acceptors (Lipinski definition) is 0. The minimum atomic E-state index is -4.44. The molecule has 0 aromatic carbocycles. The molecule has 1 unspecified atom stereocenters. The third kappa shape index (κ3) is 2.59. The van der Waals surface area contributed by atoms with Crippen LogP contribution in [0.3, 0.4) is 0 Å². The third-order valence-corrected chi connectivity index (χ3v) is 2.66. The maximum Gasteiger partial charge on any atom is 0.373 e. The topological polar surface area (TPSA) is 0 Å². The normalized spacial score (nSPS) is 19.6. The first-order valence-corrected chi connectivity index (χ1v) is 3.90. The highest BCUT2D eigenvalue weighted by Gasteiger charge is 2.65. The quantitative estimate of drug-likeness (QED) is 0.629. The fourth-order valence-corrected chi connectivity index (χ4v) is 0.804. The van der Waals surface area contributed by atoms with E-state index in [0.717, 1.165) is 0 Å². The van der Waals surface area contributed by atoms with Crippen LogP contribution in [-0.2, 0) is 0 Å². The summed E-state index contributed by atoms with van der Waals surface area (Å²) in [7, 11) is 0. The molecule has 0 aliphatic heterocycles. The van der Waals surface area contributed by atoms with E-state index in [9.17, 15) is 13.2 Å². The Morgan fingerprint density at radius 2 is 1.00 bits per heavy atom. The average molecular weight is 270 g/mol. The van der Waals surface area contributed by atoms with Crippen molar-refractivity contribution in [2.75, 3.05) is 0 Å². The predicted octanol–water partition coefficient (Wildman–Crippen LogP) is 4.09. The molecule has 0 saturated heterocycles. The largest absolute Gasteiger partial charge is 0.373 e. The van der Waals surface area contributed by atoms with E-state index in [1.807, 2.05) is 0 Å². The van der Waals surface area contributed by atoms with E-state index in [1.54, 1.807) is 0 Å². The molecule has 0 fully saturated rings. The first-order valence-electron chi connectivity index (χ1n) is 2.01. The van der Waals surface area contributed by atoms with Crippen LogP contribution < -0.4 is 0 Å². The zero-order chi connectivity index (χ0) is 9.50. The molecule has 0 aromatic heterocycles. The van der Waals surface area contributed by atoms with Gasteiger partial charge < -0.3 is 0 Å². The second kappa shape index (κ2) is 3.18. The summed E-state index contributed by atoms with van der Waals surface area (Å²) < 4.78 is 33.6. The summed E-state index contributed by atoms with van der Waals surface area (Å²) in [5.74, 6) is 0. The van der Waals surface area contributed by atoms with Gasteiger partial charge in [0.15, 0.2) is 0 Å². The molecule has 1 atom stereocenters. The van der Waals surface area contributed by atoms with Gasteiger partial charge in [0.25, 0.3) is 0 Å². The molecule has 11 heavy (non-hydrogen) atoms. The van der Waals surface area contributed by atoms with E-state index in [4.69, 9.17) is 34.8 Å². The summed E-state index contributed by atoms with van der Waals surface area (Å²) in [5, 5.41) is -8.37. The minimum Gasteiger partial charge on any atom is -0.213 e. The van der Waals surface area contributed by atoms with Crippen molar-refractivity contribution in [1.82, 2.24) is 0 Å². The van der Waals surface area contributed by atoms with Gasteiger partial charge in [-0.1, -0.05) is 46.4 Å². The summed E-state index contributed by atoms with van der Waals surface area (Å²) in [4.78, 5) is 0. The van der Waals surface area contributed by atoms with Crippen LogP contribution in [0, 0.1) is 0 Å². The van der Waals surface area contributed by atoms with Crippen molar-refractivity contribution >= 4 is 58.0 Å². The molecule has 0 aliphatic carbocycles. The molecule has 0 spiro atoms. The molecule has 0 nitrogen and oxygen atoms in total. The lowest BCUT2D eigenvalue weighted by Gasteiger charge is -2.28. The van der Waals surface area contributed by atoms with Crippen LogP contribution in [0.1, 0.15) is 0 Å².